The molecular formula is C15H23N5O. The molecule has 0 aromatic carbocycles. The van der Waals surface area contributed by atoms with E-state index < -0.39 is 0 Å². The van der Waals surface area contributed by atoms with E-state index >= 15 is 0 Å². The first-order chi connectivity index (χ1) is 9.95. The molecule has 2 heterocycles. The Morgan fingerprint density at radius 1 is 1.33 bits per heavy atom. The van der Waals surface area contributed by atoms with Crippen LogP contribution >= 0.6 is 0 Å². The monoisotopic (exact) mass is 289 g/mol. The van der Waals surface area contributed by atoms with Gasteiger partial charge in [0.1, 0.15) is 6.33 Å². The van der Waals surface area contributed by atoms with Gasteiger partial charge in [-0.1, -0.05) is 13.8 Å². The summed E-state index contributed by atoms with van der Waals surface area (Å²) in [5.74, 6) is 1.18. The fraction of sp³-hybridized carbons (Fsp3) is 0.533. The molecule has 0 spiro atoms. The highest BCUT2D eigenvalue weighted by Crippen LogP contribution is 2.24. The summed E-state index contributed by atoms with van der Waals surface area (Å²) in [6, 6.07) is 2.38. The summed E-state index contributed by atoms with van der Waals surface area (Å²) in [5.41, 5.74) is 3.13. The molecule has 0 unspecified atom stereocenters. The van der Waals surface area contributed by atoms with Crippen molar-refractivity contribution in [1.29, 1.82) is 0 Å². The number of hydrogen-bond acceptors (Lipinski definition) is 5. The molecule has 0 amide bonds. The van der Waals surface area contributed by atoms with Crippen LogP contribution in [0.4, 0.5) is 0 Å². The number of nitrogens with one attached hydrogen (secondary N) is 1. The second-order valence-corrected chi connectivity index (χ2v) is 5.69. The summed E-state index contributed by atoms with van der Waals surface area (Å²) < 4.78 is 7.36. The Hall–Kier alpha value is -1.95. The summed E-state index contributed by atoms with van der Waals surface area (Å²) in [7, 11) is 1.81. The van der Waals surface area contributed by atoms with Crippen LogP contribution in [0.15, 0.2) is 12.4 Å². The number of aromatic nitrogens is 4. The molecule has 114 valence electrons. The van der Waals surface area contributed by atoms with E-state index in [1.807, 2.05) is 6.92 Å². The lowest BCUT2D eigenvalue weighted by atomic mass is 10.1. The lowest BCUT2D eigenvalue weighted by Gasteiger charge is -2.14. The van der Waals surface area contributed by atoms with E-state index in [1.165, 1.54) is 0 Å². The Labute approximate surface area is 125 Å². The van der Waals surface area contributed by atoms with Gasteiger partial charge in [0, 0.05) is 24.8 Å². The highest BCUT2D eigenvalue weighted by molar-refractivity contribution is 5.37. The Morgan fingerprint density at radius 2 is 2.10 bits per heavy atom. The summed E-state index contributed by atoms with van der Waals surface area (Å²) >= 11 is 0. The van der Waals surface area contributed by atoms with Gasteiger partial charge in [0.05, 0.1) is 0 Å². The topological polar surface area (TPSA) is 64.9 Å². The molecule has 6 heteroatoms. The fourth-order valence-corrected chi connectivity index (χ4v) is 2.07. The Kier molecular flexibility index (Phi) is 4.90. The first kappa shape index (κ1) is 15.4. The van der Waals surface area contributed by atoms with E-state index in [0.717, 1.165) is 29.9 Å². The van der Waals surface area contributed by atoms with Crippen LogP contribution < -0.4 is 10.1 Å². The van der Waals surface area contributed by atoms with Gasteiger partial charge in [-0.25, -0.2) is 4.98 Å². The maximum absolute atomic E-state index is 5.76. The van der Waals surface area contributed by atoms with Crippen LogP contribution in [-0.2, 0) is 13.6 Å². The zero-order chi connectivity index (χ0) is 15.4. The molecule has 0 saturated carbocycles. The number of aryl methyl sites for hydroxylation is 3. The molecule has 6 nitrogen and oxygen atoms in total. The van der Waals surface area contributed by atoms with Crippen molar-refractivity contribution in [3.05, 3.63) is 29.2 Å². The smallest absolute Gasteiger partial charge is 0.342 e. The third-order valence-corrected chi connectivity index (χ3v) is 3.06. The van der Waals surface area contributed by atoms with Crippen molar-refractivity contribution < 1.29 is 4.74 Å². The maximum atomic E-state index is 5.76. The third-order valence-electron chi connectivity index (χ3n) is 3.06. The van der Waals surface area contributed by atoms with Gasteiger partial charge in [-0.15, -0.1) is 5.10 Å². The third kappa shape index (κ3) is 4.26. The first-order valence-electron chi connectivity index (χ1n) is 7.17. The SMILES string of the molecule is Cc1cc(C)c(CNCC(C)C)c(Oc2ncn(C)n2)n1. The minimum atomic E-state index is 0.320. The van der Waals surface area contributed by atoms with Crippen molar-refractivity contribution in [3.8, 4) is 11.9 Å². The van der Waals surface area contributed by atoms with E-state index in [-0.39, 0.29) is 0 Å². The van der Waals surface area contributed by atoms with E-state index in [0.29, 0.717) is 17.8 Å². The number of pyridine rings is 1. The predicted molar refractivity (Wildman–Crippen MR) is 81.3 cm³/mol. The molecule has 0 radical (unpaired) electrons. The van der Waals surface area contributed by atoms with Crippen molar-refractivity contribution in [2.75, 3.05) is 6.54 Å². The first-order valence-corrected chi connectivity index (χ1v) is 7.17. The van der Waals surface area contributed by atoms with E-state index in [2.05, 4.69) is 47.2 Å². The molecule has 2 aromatic rings. The van der Waals surface area contributed by atoms with Gasteiger partial charge in [-0.2, -0.15) is 4.98 Å². The van der Waals surface area contributed by atoms with Crippen molar-refractivity contribution in [2.24, 2.45) is 13.0 Å². The number of hydrogen-bond donors (Lipinski definition) is 1. The summed E-state index contributed by atoms with van der Waals surface area (Å²) in [4.78, 5) is 8.57. The zero-order valence-corrected chi connectivity index (χ0v) is 13.3. The summed E-state index contributed by atoms with van der Waals surface area (Å²) in [5, 5.41) is 7.56. The summed E-state index contributed by atoms with van der Waals surface area (Å²) in [6.45, 7) is 10.1. The molecule has 0 fully saturated rings. The lowest BCUT2D eigenvalue weighted by molar-refractivity contribution is 0.412. The molecule has 0 aliphatic rings. The normalized spacial score (nSPS) is 11.1. The highest BCUT2D eigenvalue weighted by Gasteiger charge is 2.13. The number of nitrogens with zero attached hydrogens (tertiary/aromatic N) is 4. The standard InChI is InChI=1S/C15H23N5O/c1-10(2)7-16-8-13-11(3)6-12(4)18-14(13)21-15-17-9-20(5)19-15/h6,9-10,16H,7-8H2,1-5H3. The molecule has 2 rings (SSSR count). The van der Waals surface area contributed by atoms with Gasteiger partial charge in [0.15, 0.2) is 0 Å². The van der Waals surface area contributed by atoms with Crippen molar-refractivity contribution >= 4 is 0 Å². The van der Waals surface area contributed by atoms with Crippen molar-refractivity contribution in [2.45, 2.75) is 34.2 Å². The van der Waals surface area contributed by atoms with Crippen LogP contribution in [0.25, 0.3) is 0 Å². The molecule has 1 N–H and O–H groups in total. The second-order valence-electron chi connectivity index (χ2n) is 5.69. The minimum Gasteiger partial charge on any atom is -0.404 e. The van der Waals surface area contributed by atoms with Crippen LogP contribution in [0.3, 0.4) is 0 Å². The van der Waals surface area contributed by atoms with Gasteiger partial charge in [0.25, 0.3) is 0 Å². The van der Waals surface area contributed by atoms with E-state index in [1.54, 1.807) is 18.1 Å². The van der Waals surface area contributed by atoms with Crippen LogP contribution in [0, 0.1) is 19.8 Å². The van der Waals surface area contributed by atoms with Crippen molar-refractivity contribution in [3.63, 3.8) is 0 Å². The molecule has 0 aliphatic heterocycles. The van der Waals surface area contributed by atoms with Gasteiger partial charge in [-0.3, -0.25) is 4.68 Å². The molecule has 2 aromatic heterocycles. The van der Waals surface area contributed by atoms with E-state index in [9.17, 15) is 0 Å². The lowest BCUT2D eigenvalue weighted by Crippen LogP contribution is -2.20. The number of ether oxygens (including phenoxy) is 1. The zero-order valence-electron chi connectivity index (χ0n) is 13.3. The summed E-state index contributed by atoms with van der Waals surface area (Å²) in [6.07, 6.45) is 1.61. The molecule has 0 aliphatic carbocycles. The van der Waals surface area contributed by atoms with Gasteiger partial charge in [-0.05, 0) is 37.9 Å². The van der Waals surface area contributed by atoms with Gasteiger partial charge < -0.3 is 10.1 Å². The average molecular weight is 289 g/mol. The van der Waals surface area contributed by atoms with Crippen LogP contribution in [0.2, 0.25) is 0 Å². The quantitative estimate of drug-likeness (QED) is 0.884. The molecule has 0 atom stereocenters. The fourth-order valence-electron chi connectivity index (χ4n) is 2.07. The molecule has 0 saturated heterocycles. The largest absolute Gasteiger partial charge is 0.404 e. The van der Waals surface area contributed by atoms with Gasteiger partial charge >= 0.3 is 6.01 Å². The highest BCUT2D eigenvalue weighted by atomic mass is 16.5. The number of rotatable bonds is 6. The maximum Gasteiger partial charge on any atom is 0.342 e. The van der Waals surface area contributed by atoms with Crippen LogP contribution in [0.5, 0.6) is 11.9 Å². The Morgan fingerprint density at radius 3 is 2.71 bits per heavy atom. The average Bonchev–Trinajstić information content (AvgIpc) is 2.77. The minimum absolute atomic E-state index is 0.320. The molecular weight excluding hydrogens is 266 g/mol. The molecule has 0 bridgehead atoms. The van der Waals surface area contributed by atoms with Crippen molar-refractivity contribution in [1.82, 2.24) is 25.1 Å². The Bertz CT molecular complexity index is 606. The van der Waals surface area contributed by atoms with Crippen LogP contribution in [-0.4, -0.2) is 26.3 Å². The second kappa shape index (κ2) is 6.67. The molecule has 21 heavy (non-hydrogen) atoms. The Balaban J connectivity index is 2.21. The van der Waals surface area contributed by atoms with Crippen LogP contribution in [0.1, 0.15) is 30.7 Å². The van der Waals surface area contributed by atoms with Gasteiger partial charge in [0.2, 0.25) is 5.88 Å². The predicted octanol–water partition coefficient (Wildman–Crippen LogP) is 2.36. The van der Waals surface area contributed by atoms with E-state index in [4.69, 9.17) is 4.74 Å².